The Morgan fingerprint density at radius 3 is 2.59 bits per heavy atom. The van der Waals surface area contributed by atoms with Gasteiger partial charge in [0, 0.05) is 15.8 Å². The number of rotatable bonds is 2. The van der Waals surface area contributed by atoms with Gasteiger partial charge in [-0.1, -0.05) is 27.5 Å². The number of anilines is 3. The molecule has 2 aromatic carbocycles. The first-order chi connectivity index (χ1) is 8.06. The van der Waals surface area contributed by atoms with Crippen molar-refractivity contribution >= 4 is 44.6 Å². The highest BCUT2D eigenvalue weighted by Crippen LogP contribution is 2.29. The van der Waals surface area contributed by atoms with Crippen molar-refractivity contribution in [3.8, 4) is 0 Å². The topological polar surface area (TPSA) is 38.0 Å². The summed E-state index contributed by atoms with van der Waals surface area (Å²) in [5.74, 6) is 0. The molecule has 0 aliphatic carbocycles. The van der Waals surface area contributed by atoms with Crippen molar-refractivity contribution in [3.05, 3.63) is 51.5 Å². The largest absolute Gasteiger partial charge is 0.399 e. The van der Waals surface area contributed by atoms with E-state index in [4.69, 9.17) is 17.3 Å². The van der Waals surface area contributed by atoms with Gasteiger partial charge in [-0.05, 0) is 48.9 Å². The lowest BCUT2D eigenvalue weighted by Crippen LogP contribution is -1.94. The SMILES string of the molecule is Cc1cc(Nc2ccc(Br)cc2Cl)ccc1N. The number of hydrogen-bond acceptors (Lipinski definition) is 2. The monoisotopic (exact) mass is 310 g/mol. The van der Waals surface area contributed by atoms with Gasteiger partial charge >= 0.3 is 0 Å². The summed E-state index contributed by atoms with van der Waals surface area (Å²) in [5, 5.41) is 3.93. The maximum Gasteiger partial charge on any atom is 0.0652 e. The first-order valence-corrected chi connectivity index (χ1v) is 6.31. The minimum Gasteiger partial charge on any atom is -0.399 e. The van der Waals surface area contributed by atoms with Crippen LogP contribution in [0, 0.1) is 6.92 Å². The summed E-state index contributed by atoms with van der Waals surface area (Å²) in [6.45, 7) is 1.98. The average Bonchev–Trinajstić information content (AvgIpc) is 2.27. The lowest BCUT2D eigenvalue weighted by molar-refractivity contribution is 1.45. The molecule has 4 heteroatoms. The van der Waals surface area contributed by atoms with E-state index in [0.29, 0.717) is 5.02 Å². The zero-order valence-electron chi connectivity index (χ0n) is 9.30. The Kier molecular flexibility index (Phi) is 3.60. The molecule has 88 valence electrons. The first kappa shape index (κ1) is 12.3. The van der Waals surface area contributed by atoms with Crippen molar-refractivity contribution in [2.75, 3.05) is 11.1 Å². The molecular formula is C13H12BrClN2. The third kappa shape index (κ3) is 2.93. The average molecular weight is 312 g/mol. The summed E-state index contributed by atoms with van der Waals surface area (Å²) >= 11 is 9.51. The fourth-order valence-corrected chi connectivity index (χ4v) is 2.22. The van der Waals surface area contributed by atoms with E-state index in [2.05, 4.69) is 21.2 Å². The smallest absolute Gasteiger partial charge is 0.0652 e. The first-order valence-electron chi connectivity index (χ1n) is 5.14. The van der Waals surface area contributed by atoms with Gasteiger partial charge in [-0.15, -0.1) is 0 Å². The van der Waals surface area contributed by atoms with Crippen molar-refractivity contribution < 1.29 is 0 Å². The molecule has 0 radical (unpaired) electrons. The standard InChI is InChI=1S/C13H12BrClN2/c1-8-6-10(3-4-12(8)16)17-13-5-2-9(14)7-11(13)15/h2-7,17H,16H2,1H3. The zero-order chi connectivity index (χ0) is 12.4. The summed E-state index contributed by atoms with van der Waals surface area (Å²) in [7, 11) is 0. The fourth-order valence-electron chi connectivity index (χ4n) is 1.50. The number of nitrogens with one attached hydrogen (secondary N) is 1. The van der Waals surface area contributed by atoms with Crippen LogP contribution < -0.4 is 11.1 Å². The Hall–Kier alpha value is -1.19. The van der Waals surface area contributed by atoms with Gasteiger partial charge in [0.25, 0.3) is 0 Å². The molecule has 0 unspecified atom stereocenters. The molecule has 0 atom stereocenters. The van der Waals surface area contributed by atoms with Crippen LogP contribution in [0.3, 0.4) is 0 Å². The van der Waals surface area contributed by atoms with E-state index in [9.17, 15) is 0 Å². The molecule has 0 saturated heterocycles. The van der Waals surface area contributed by atoms with E-state index < -0.39 is 0 Å². The molecule has 0 aliphatic heterocycles. The summed E-state index contributed by atoms with van der Waals surface area (Å²) in [6, 6.07) is 11.5. The van der Waals surface area contributed by atoms with E-state index in [-0.39, 0.29) is 0 Å². The second-order valence-electron chi connectivity index (χ2n) is 3.82. The normalized spacial score (nSPS) is 10.3. The second kappa shape index (κ2) is 4.98. The van der Waals surface area contributed by atoms with Crippen molar-refractivity contribution in [1.82, 2.24) is 0 Å². The van der Waals surface area contributed by atoms with E-state index >= 15 is 0 Å². The van der Waals surface area contributed by atoms with Crippen LogP contribution in [0.25, 0.3) is 0 Å². The molecule has 0 fully saturated rings. The van der Waals surface area contributed by atoms with Crippen molar-refractivity contribution in [1.29, 1.82) is 0 Å². The van der Waals surface area contributed by atoms with Crippen LogP contribution in [0.1, 0.15) is 5.56 Å². The maximum atomic E-state index is 6.13. The number of nitrogens with two attached hydrogens (primary N) is 1. The number of benzene rings is 2. The summed E-state index contributed by atoms with van der Waals surface area (Å²) in [6.07, 6.45) is 0. The van der Waals surface area contributed by atoms with Crippen LogP contribution >= 0.6 is 27.5 Å². The van der Waals surface area contributed by atoms with Gasteiger partial charge in [-0.25, -0.2) is 0 Å². The number of aryl methyl sites for hydroxylation is 1. The van der Waals surface area contributed by atoms with Crippen LogP contribution in [0.5, 0.6) is 0 Å². The van der Waals surface area contributed by atoms with Gasteiger partial charge in [-0.2, -0.15) is 0 Å². The van der Waals surface area contributed by atoms with Crippen LogP contribution in [0.4, 0.5) is 17.1 Å². The maximum absolute atomic E-state index is 6.13. The van der Waals surface area contributed by atoms with Gasteiger partial charge < -0.3 is 11.1 Å². The van der Waals surface area contributed by atoms with E-state index in [1.54, 1.807) is 0 Å². The zero-order valence-corrected chi connectivity index (χ0v) is 11.6. The lowest BCUT2D eigenvalue weighted by atomic mass is 10.2. The van der Waals surface area contributed by atoms with E-state index in [0.717, 1.165) is 27.1 Å². The van der Waals surface area contributed by atoms with Crippen LogP contribution in [-0.4, -0.2) is 0 Å². The third-order valence-corrected chi connectivity index (χ3v) is 3.29. The van der Waals surface area contributed by atoms with E-state index in [1.165, 1.54) is 0 Å². The number of halogens is 2. The molecular weight excluding hydrogens is 300 g/mol. The van der Waals surface area contributed by atoms with Crippen LogP contribution in [0.2, 0.25) is 5.02 Å². The predicted octanol–water partition coefficient (Wildman–Crippen LogP) is 4.74. The van der Waals surface area contributed by atoms with Crippen molar-refractivity contribution in [3.63, 3.8) is 0 Å². The molecule has 3 N–H and O–H groups in total. The van der Waals surface area contributed by atoms with Gasteiger partial charge in [-0.3, -0.25) is 0 Å². The fraction of sp³-hybridized carbons (Fsp3) is 0.0769. The minimum absolute atomic E-state index is 0.675. The summed E-state index contributed by atoms with van der Waals surface area (Å²) in [5.41, 5.74) is 9.45. The third-order valence-electron chi connectivity index (χ3n) is 2.48. The molecule has 0 spiro atoms. The summed E-state index contributed by atoms with van der Waals surface area (Å²) in [4.78, 5) is 0. The van der Waals surface area contributed by atoms with Gasteiger partial charge in [0.1, 0.15) is 0 Å². The van der Waals surface area contributed by atoms with Crippen molar-refractivity contribution in [2.45, 2.75) is 6.92 Å². The highest BCUT2D eigenvalue weighted by atomic mass is 79.9. The Morgan fingerprint density at radius 1 is 1.18 bits per heavy atom. The Bertz CT molecular complexity index is 555. The van der Waals surface area contributed by atoms with Crippen LogP contribution in [0.15, 0.2) is 40.9 Å². The molecule has 0 bridgehead atoms. The molecule has 0 aromatic heterocycles. The van der Waals surface area contributed by atoms with Crippen LogP contribution in [-0.2, 0) is 0 Å². The molecule has 0 aliphatic rings. The highest BCUT2D eigenvalue weighted by Gasteiger charge is 2.02. The molecule has 2 rings (SSSR count). The number of nitrogen functional groups attached to an aromatic ring is 1. The highest BCUT2D eigenvalue weighted by molar-refractivity contribution is 9.10. The van der Waals surface area contributed by atoms with Crippen molar-refractivity contribution in [2.24, 2.45) is 0 Å². The summed E-state index contributed by atoms with van der Waals surface area (Å²) < 4.78 is 0.960. The molecule has 2 aromatic rings. The molecule has 2 nitrogen and oxygen atoms in total. The van der Waals surface area contributed by atoms with Gasteiger partial charge in [0.05, 0.1) is 10.7 Å². The number of hydrogen-bond donors (Lipinski definition) is 2. The van der Waals surface area contributed by atoms with E-state index in [1.807, 2.05) is 43.3 Å². The second-order valence-corrected chi connectivity index (χ2v) is 5.14. The molecule has 0 amide bonds. The van der Waals surface area contributed by atoms with Gasteiger partial charge in [0.15, 0.2) is 0 Å². The minimum atomic E-state index is 0.675. The Morgan fingerprint density at radius 2 is 1.94 bits per heavy atom. The Balaban J connectivity index is 2.28. The molecule has 17 heavy (non-hydrogen) atoms. The molecule has 0 heterocycles. The Labute approximate surface area is 114 Å². The predicted molar refractivity (Wildman–Crippen MR) is 78.0 cm³/mol. The molecule has 0 saturated carbocycles. The van der Waals surface area contributed by atoms with Gasteiger partial charge in [0.2, 0.25) is 0 Å². The lowest BCUT2D eigenvalue weighted by Gasteiger charge is -2.10. The quantitative estimate of drug-likeness (QED) is 0.786.